The molecule has 0 atom stereocenters. The van der Waals surface area contributed by atoms with Crippen LogP contribution in [-0.2, 0) is 4.79 Å². The molecule has 0 unspecified atom stereocenters. The van der Waals surface area contributed by atoms with Gasteiger partial charge in [0.2, 0.25) is 5.91 Å². The van der Waals surface area contributed by atoms with Crippen molar-refractivity contribution in [3.63, 3.8) is 0 Å². The number of amides is 1. The van der Waals surface area contributed by atoms with Gasteiger partial charge in [-0.1, -0.05) is 12.1 Å². The third-order valence-electron chi connectivity index (χ3n) is 2.78. The van der Waals surface area contributed by atoms with Gasteiger partial charge in [-0.15, -0.1) is 0 Å². The van der Waals surface area contributed by atoms with Gasteiger partial charge in [-0.3, -0.25) is 4.79 Å². The van der Waals surface area contributed by atoms with Crippen LogP contribution in [0.15, 0.2) is 24.3 Å². The molecule has 2 rings (SSSR count). The second-order valence-corrected chi connectivity index (χ2v) is 4.24. The molecule has 2 N–H and O–H groups in total. The van der Waals surface area contributed by atoms with Crippen molar-refractivity contribution in [1.82, 2.24) is 5.32 Å². The summed E-state index contributed by atoms with van der Waals surface area (Å²) in [5, 5.41) is 6.08. The Morgan fingerprint density at radius 2 is 2.06 bits per heavy atom. The Bertz CT molecular complexity index is 387. The molecule has 1 fully saturated rings. The first-order chi connectivity index (χ1) is 8.25. The minimum atomic E-state index is -0.0774. The summed E-state index contributed by atoms with van der Waals surface area (Å²) in [7, 11) is 0. The Labute approximate surface area is 101 Å². The summed E-state index contributed by atoms with van der Waals surface area (Å²) in [6.45, 7) is 3.49. The molecule has 1 aromatic rings. The molecule has 0 spiro atoms. The second kappa shape index (κ2) is 5.68. The molecular formula is C13H18N2O2. The fourth-order valence-electron chi connectivity index (χ4n) is 1.96. The number of benzene rings is 1. The maximum atomic E-state index is 11.1. The van der Waals surface area contributed by atoms with E-state index in [0.717, 1.165) is 37.4 Å². The minimum absolute atomic E-state index is 0.0774. The highest BCUT2D eigenvalue weighted by atomic mass is 16.5. The molecule has 92 valence electrons. The van der Waals surface area contributed by atoms with E-state index < -0.39 is 0 Å². The molecule has 4 nitrogen and oxygen atoms in total. The lowest BCUT2D eigenvalue weighted by Crippen LogP contribution is -2.34. The van der Waals surface area contributed by atoms with Crippen LogP contribution in [0.2, 0.25) is 0 Å². The summed E-state index contributed by atoms with van der Waals surface area (Å²) in [5.41, 5.74) is 0.749. The van der Waals surface area contributed by atoms with Crippen LogP contribution in [0.3, 0.4) is 0 Å². The molecule has 1 aromatic carbocycles. The first-order valence-corrected chi connectivity index (χ1v) is 5.99. The molecule has 1 amide bonds. The number of nitrogens with one attached hydrogen (secondary N) is 2. The SMILES string of the molecule is CC(=O)Nc1ccccc1OC1CCNCC1. The molecule has 0 bridgehead atoms. The monoisotopic (exact) mass is 234 g/mol. The first-order valence-electron chi connectivity index (χ1n) is 5.99. The van der Waals surface area contributed by atoms with Crippen LogP contribution in [-0.4, -0.2) is 25.1 Å². The number of anilines is 1. The van der Waals surface area contributed by atoms with E-state index in [1.807, 2.05) is 24.3 Å². The zero-order chi connectivity index (χ0) is 12.1. The summed E-state index contributed by atoms with van der Waals surface area (Å²) < 4.78 is 5.93. The number of carbonyl (C=O) groups is 1. The molecule has 1 aliphatic heterocycles. The fraction of sp³-hybridized carbons (Fsp3) is 0.462. The van der Waals surface area contributed by atoms with Crippen LogP contribution in [0.25, 0.3) is 0 Å². The van der Waals surface area contributed by atoms with Gasteiger partial charge in [-0.2, -0.15) is 0 Å². The summed E-state index contributed by atoms with van der Waals surface area (Å²) in [5.74, 6) is 0.681. The van der Waals surface area contributed by atoms with Crippen molar-refractivity contribution in [3.05, 3.63) is 24.3 Å². The maximum Gasteiger partial charge on any atom is 0.221 e. The highest BCUT2D eigenvalue weighted by Crippen LogP contribution is 2.26. The predicted octanol–water partition coefficient (Wildman–Crippen LogP) is 1.78. The highest BCUT2D eigenvalue weighted by molar-refractivity contribution is 5.90. The lowest BCUT2D eigenvalue weighted by atomic mass is 10.1. The normalized spacial score (nSPS) is 16.5. The van der Waals surface area contributed by atoms with Gasteiger partial charge in [0.25, 0.3) is 0 Å². The maximum absolute atomic E-state index is 11.1. The van der Waals surface area contributed by atoms with E-state index in [0.29, 0.717) is 0 Å². The zero-order valence-corrected chi connectivity index (χ0v) is 10.0. The third kappa shape index (κ3) is 3.46. The lowest BCUT2D eigenvalue weighted by Gasteiger charge is -2.24. The number of ether oxygens (including phenoxy) is 1. The van der Waals surface area contributed by atoms with Gasteiger partial charge in [0.15, 0.2) is 0 Å². The Morgan fingerprint density at radius 1 is 1.35 bits per heavy atom. The lowest BCUT2D eigenvalue weighted by molar-refractivity contribution is -0.114. The van der Waals surface area contributed by atoms with Gasteiger partial charge in [0, 0.05) is 6.92 Å². The summed E-state index contributed by atoms with van der Waals surface area (Å²) in [4.78, 5) is 11.1. The van der Waals surface area contributed by atoms with E-state index in [1.54, 1.807) is 0 Å². The Balaban J connectivity index is 2.05. The van der Waals surface area contributed by atoms with Crippen molar-refractivity contribution in [2.45, 2.75) is 25.9 Å². The van der Waals surface area contributed by atoms with Crippen molar-refractivity contribution < 1.29 is 9.53 Å². The molecule has 1 aliphatic rings. The smallest absolute Gasteiger partial charge is 0.221 e. The fourth-order valence-corrected chi connectivity index (χ4v) is 1.96. The molecule has 17 heavy (non-hydrogen) atoms. The number of piperidine rings is 1. The van der Waals surface area contributed by atoms with Gasteiger partial charge in [-0.25, -0.2) is 0 Å². The number of hydrogen-bond acceptors (Lipinski definition) is 3. The zero-order valence-electron chi connectivity index (χ0n) is 10.0. The summed E-state index contributed by atoms with van der Waals surface area (Å²) in [6.07, 6.45) is 2.26. The molecule has 4 heteroatoms. The van der Waals surface area contributed by atoms with Crippen molar-refractivity contribution in [3.8, 4) is 5.75 Å². The van der Waals surface area contributed by atoms with Gasteiger partial charge < -0.3 is 15.4 Å². The average molecular weight is 234 g/mol. The van der Waals surface area contributed by atoms with Gasteiger partial charge >= 0.3 is 0 Å². The topological polar surface area (TPSA) is 50.4 Å². The van der Waals surface area contributed by atoms with E-state index in [4.69, 9.17) is 4.74 Å². The number of hydrogen-bond donors (Lipinski definition) is 2. The highest BCUT2D eigenvalue weighted by Gasteiger charge is 2.16. The Morgan fingerprint density at radius 3 is 2.76 bits per heavy atom. The summed E-state index contributed by atoms with van der Waals surface area (Å²) in [6, 6.07) is 7.56. The van der Waals surface area contributed by atoms with Crippen LogP contribution < -0.4 is 15.4 Å². The van der Waals surface area contributed by atoms with Crippen molar-refractivity contribution in [2.75, 3.05) is 18.4 Å². The molecular weight excluding hydrogens is 216 g/mol. The van der Waals surface area contributed by atoms with Gasteiger partial charge in [0.05, 0.1) is 5.69 Å². The minimum Gasteiger partial charge on any atom is -0.488 e. The van der Waals surface area contributed by atoms with Crippen LogP contribution >= 0.6 is 0 Å². The van der Waals surface area contributed by atoms with Gasteiger partial charge in [0.1, 0.15) is 11.9 Å². The molecule has 1 saturated heterocycles. The van der Waals surface area contributed by atoms with Crippen LogP contribution in [0, 0.1) is 0 Å². The predicted molar refractivity (Wildman–Crippen MR) is 67.3 cm³/mol. The van der Waals surface area contributed by atoms with E-state index >= 15 is 0 Å². The third-order valence-corrected chi connectivity index (χ3v) is 2.78. The van der Waals surface area contributed by atoms with E-state index in [-0.39, 0.29) is 12.0 Å². The molecule has 0 aromatic heterocycles. The van der Waals surface area contributed by atoms with Crippen LogP contribution in [0.1, 0.15) is 19.8 Å². The number of rotatable bonds is 3. The van der Waals surface area contributed by atoms with E-state index in [9.17, 15) is 4.79 Å². The quantitative estimate of drug-likeness (QED) is 0.838. The number of carbonyl (C=O) groups excluding carboxylic acids is 1. The summed E-state index contributed by atoms with van der Waals surface area (Å²) >= 11 is 0. The van der Waals surface area contributed by atoms with Gasteiger partial charge in [-0.05, 0) is 38.1 Å². The van der Waals surface area contributed by atoms with E-state index in [1.165, 1.54) is 6.92 Å². The van der Waals surface area contributed by atoms with Crippen molar-refractivity contribution in [2.24, 2.45) is 0 Å². The van der Waals surface area contributed by atoms with E-state index in [2.05, 4.69) is 10.6 Å². The molecule has 0 saturated carbocycles. The standard InChI is InChI=1S/C13H18N2O2/c1-10(16)15-12-4-2-3-5-13(12)17-11-6-8-14-9-7-11/h2-5,11,14H,6-9H2,1H3,(H,15,16). The Kier molecular flexibility index (Phi) is 3.98. The van der Waals surface area contributed by atoms with Crippen molar-refractivity contribution >= 4 is 11.6 Å². The molecule has 1 heterocycles. The van der Waals surface area contributed by atoms with Crippen molar-refractivity contribution in [1.29, 1.82) is 0 Å². The first kappa shape index (κ1) is 11.9. The number of para-hydroxylation sites is 2. The second-order valence-electron chi connectivity index (χ2n) is 4.24. The van der Waals surface area contributed by atoms with Crippen LogP contribution in [0.5, 0.6) is 5.75 Å². The molecule has 0 radical (unpaired) electrons. The molecule has 0 aliphatic carbocycles. The van der Waals surface area contributed by atoms with Crippen LogP contribution in [0.4, 0.5) is 5.69 Å². The average Bonchev–Trinajstić information content (AvgIpc) is 2.32. The largest absolute Gasteiger partial charge is 0.488 e. The Hall–Kier alpha value is -1.55.